The Bertz CT molecular complexity index is 1250. The van der Waals surface area contributed by atoms with Crippen LogP contribution in [0, 0.1) is 0 Å². The van der Waals surface area contributed by atoms with E-state index in [1.807, 2.05) is 18.2 Å². The van der Waals surface area contributed by atoms with E-state index in [0.717, 1.165) is 17.5 Å². The number of rotatable bonds is 6. The molecule has 0 aliphatic heterocycles. The fourth-order valence-corrected chi connectivity index (χ4v) is 3.40. The van der Waals surface area contributed by atoms with Crippen molar-refractivity contribution in [3.8, 4) is 22.5 Å². The molecular weight excluding hydrogens is 388 g/mol. The van der Waals surface area contributed by atoms with Gasteiger partial charge in [0.25, 0.3) is 0 Å². The lowest BCUT2D eigenvalue weighted by molar-refractivity contribution is 0.0989. The van der Waals surface area contributed by atoms with Crippen LogP contribution in [-0.4, -0.2) is 25.7 Å². The van der Waals surface area contributed by atoms with Crippen LogP contribution >= 0.6 is 0 Å². The summed E-state index contributed by atoms with van der Waals surface area (Å²) in [5, 5.41) is 0. The number of Topliss-reactive ketones (excluding diaryl/α,β-unsaturated/α-hetero) is 1. The number of anilines is 2. The maximum atomic E-state index is 13.2. The first-order chi connectivity index (χ1) is 15.0. The molecule has 3 aromatic heterocycles. The van der Waals surface area contributed by atoms with Gasteiger partial charge < -0.3 is 11.5 Å². The summed E-state index contributed by atoms with van der Waals surface area (Å²) < 4.78 is 0. The van der Waals surface area contributed by atoms with Crippen molar-refractivity contribution in [1.82, 2.24) is 19.9 Å². The van der Waals surface area contributed by atoms with Crippen LogP contribution in [0.4, 0.5) is 11.5 Å². The third-order valence-electron chi connectivity index (χ3n) is 5.04. The molecule has 0 unspecified atom stereocenters. The number of pyridine rings is 2. The average molecular weight is 410 g/mol. The van der Waals surface area contributed by atoms with Crippen LogP contribution in [0.1, 0.15) is 28.5 Å². The van der Waals surface area contributed by atoms with Crippen LogP contribution in [0.25, 0.3) is 22.5 Å². The van der Waals surface area contributed by atoms with Gasteiger partial charge in [0, 0.05) is 36.0 Å². The third-order valence-corrected chi connectivity index (χ3v) is 5.04. The second kappa shape index (κ2) is 8.71. The molecule has 31 heavy (non-hydrogen) atoms. The normalized spacial score (nSPS) is 10.7. The summed E-state index contributed by atoms with van der Waals surface area (Å²) in [7, 11) is 0. The predicted molar refractivity (Wildman–Crippen MR) is 121 cm³/mol. The van der Waals surface area contributed by atoms with Crippen molar-refractivity contribution >= 4 is 17.3 Å². The topological polar surface area (TPSA) is 121 Å². The Labute approximate surface area is 180 Å². The molecule has 0 spiro atoms. The molecule has 3 heterocycles. The van der Waals surface area contributed by atoms with Crippen molar-refractivity contribution in [1.29, 1.82) is 0 Å². The van der Waals surface area contributed by atoms with Crippen molar-refractivity contribution in [2.45, 2.75) is 19.8 Å². The molecule has 4 aromatic rings. The molecule has 0 aliphatic rings. The van der Waals surface area contributed by atoms with Gasteiger partial charge in [-0.1, -0.05) is 25.1 Å². The number of hydrogen-bond acceptors (Lipinski definition) is 7. The lowest BCUT2D eigenvalue weighted by atomic mass is 9.99. The number of aromatic nitrogens is 4. The molecule has 0 amide bonds. The number of hydrogen-bond donors (Lipinski definition) is 2. The van der Waals surface area contributed by atoms with Gasteiger partial charge in [0.1, 0.15) is 17.8 Å². The van der Waals surface area contributed by atoms with E-state index < -0.39 is 0 Å². The molecule has 0 atom stereocenters. The van der Waals surface area contributed by atoms with Crippen molar-refractivity contribution in [3.63, 3.8) is 0 Å². The van der Waals surface area contributed by atoms with E-state index in [0.29, 0.717) is 28.5 Å². The van der Waals surface area contributed by atoms with Gasteiger partial charge in [-0.2, -0.15) is 0 Å². The summed E-state index contributed by atoms with van der Waals surface area (Å²) in [6.45, 7) is 2.10. The summed E-state index contributed by atoms with van der Waals surface area (Å²) >= 11 is 0. The van der Waals surface area contributed by atoms with Crippen molar-refractivity contribution in [2.75, 3.05) is 11.5 Å². The summed E-state index contributed by atoms with van der Waals surface area (Å²) in [6.07, 6.45) is 5.70. The van der Waals surface area contributed by atoms with E-state index >= 15 is 0 Å². The molecule has 7 nitrogen and oxygen atoms in total. The fourth-order valence-electron chi connectivity index (χ4n) is 3.40. The smallest absolute Gasteiger partial charge is 0.187 e. The molecule has 0 bridgehead atoms. The van der Waals surface area contributed by atoms with Crippen molar-refractivity contribution < 1.29 is 4.79 Å². The Morgan fingerprint density at radius 2 is 1.87 bits per heavy atom. The number of aryl methyl sites for hydroxylation is 1. The molecule has 0 aliphatic carbocycles. The van der Waals surface area contributed by atoms with E-state index in [-0.39, 0.29) is 17.9 Å². The SMILES string of the molecule is CCc1cccc(-c2ccc(N)c(C(=O)Cc3cnccc3-c3cc(N)ncn3)n2)c1. The Balaban J connectivity index is 1.67. The maximum Gasteiger partial charge on any atom is 0.187 e. The van der Waals surface area contributed by atoms with E-state index in [2.05, 4.69) is 39.0 Å². The van der Waals surface area contributed by atoms with Gasteiger partial charge in [-0.25, -0.2) is 15.0 Å². The standard InChI is InChI=1S/C24H22N6O/c1-2-15-4-3-5-16(10-15)20-7-6-19(25)24(30-20)22(31)11-17-13-27-9-8-18(17)21-12-23(26)29-14-28-21/h3-10,12-14H,2,11,25H2,1H3,(H2,26,28,29). The zero-order valence-corrected chi connectivity index (χ0v) is 17.1. The molecule has 0 radical (unpaired) electrons. The van der Waals surface area contributed by atoms with Crippen LogP contribution in [0.2, 0.25) is 0 Å². The molecule has 7 heteroatoms. The van der Waals surface area contributed by atoms with E-state index in [1.165, 1.54) is 11.9 Å². The van der Waals surface area contributed by atoms with Gasteiger partial charge >= 0.3 is 0 Å². The minimum Gasteiger partial charge on any atom is -0.397 e. The highest BCUT2D eigenvalue weighted by molar-refractivity contribution is 6.01. The predicted octanol–water partition coefficient (Wildman–Crippen LogP) is 3.75. The number of nitrogens with two attached hydrogens (primary N) is 2. The second-order valence-corrected chi connectivity index (χ2v) is 7.15. The number of carbonyl (C=O) groups excluding carboxylic acids is 1. The van der Waals surface area contributed by atoms with Crippen LogP contribution < -0.4 is 11.5 Å². The third kappa shape index (κ3) is 4.40. The Hall–Kier alpha value is -4.13. The van der Waals surface area contributed by atoms with E-state index in [1.54, 1.807) is 30.6 Å². The molecule has 4 rings (SSSR count). The maximum absolute atomic E-state index is 13.2. The number of nitrogen functional groups attached to an aromatic ring is 2. The van der Waals surface area contributed by atoms with Crippen LogP contribution in [-0.2, 0) is 12.8 Å². The molecule has 1 aromatic carbocycles. The number of benzene rings is 1. The highest BCUT2D eigenvalue weighted by Crippen LogP contribution is 2.25. The summed E-state index contributed by atoms with van der Waals surface area (Å²) in [4.78, 5) is 30.1. The molecule has 0 saturated heterocycles. The van der Waals surface area contributed by atoms with Gasteiger partial charge in [-0.3, -0.25) is 9.78 Å². The van der Waals surface area contributed by atoms with Crippen LogP contribution in [0.3, 0.4) is 0 Å². The molecule has 0 saturated carbocycles. The lowest BCUT2D eigenvalue weighted by Crippen LogP contribution is -2.11. The number of nitrogens with zero attached hydrogens (tertiary/aromatic N) is 4. The zero-order valence-electron chi connectivity index (χ0n) is 17.1. The molecular formula is C24H22N6O. The first-order valence-electron chi connectivity index (χ1n) is 9.95. The zero-order chi connectivity index (χ0) is 21.8. The van der Waals surface area contributed by atoms with Gasteiger partial charge in [-0.15, -0.1) is 0 Å². The van der Waals surface area contributed by atoms with E-state index in [9.17, 15) is 4.79 Å². The monoisotopic (exact) mass is 410 g/mol. The van der Waals surface area contributed by atoms with Gasteiger partial charge in [0.15, 0.2) is 5.78 Å². The minimum absolute atomic E-state index is 0.0860. The lowest BCUT2D eigenvalue weighted by Gasteiger charge is -2.11. The number of carbonyl (C=O) groups is 1. The second-order valence-electron chi connectivity index (χ2n) is 7.15. The molecule has 154 valence electrons. The van der Waals surface area contributed by atoms with Gasteiger partial charge in [0.05, 0.1) is 17.1 Å². The Morgan fingerprint density at radius 1 is 1.00 bits per heavy atom. The quantitative estimate of drug-likeness (QED) is 0.464. The van der Waals surface area contributed by atoms with Gasteiger partial charge in [-0.05, 0) is 41.8 Å². The number of ketones is 1. The summed E-state index contributed by atoms with van der Waals surface area (Å²) in [5.74, 6) is 0.161. The van der Waals surface area contributed by atoms with Crippen LogP contribution in [0.15, 0.2) is 67.3 Å². The highest BCUT2D eigenvalue weighted by Gasteiger charge is 2.17. The van der Waals surface area contributed by atoms with Crippen LogP contribution in [0.5, 0.6) is 0 Å². The van der Waals surface area contributed by atoms with Crippen molar-refractivity contribution in [2.24, 2.45) is 0 Å². The largest absolute Gasteiger partial charge is 0.397 e. The highest BCUT2D eigenvalue weighted by atomic mass is 16.1. The van der Waals surface area contributed by atoms with Crippen molar-refractivity contribution in [3.05, 3.63) is 84.1 Å². The fraction of sp³-hybridized carbons (Fsp3) is 0.125. The Kier molecular flexibility index (Phi) is 5.66. The molecule has 4 N–H and O–H groups in total. The van der Waals surface area contributed by atoms with E-state index in [4.69, 9.17) is 11.5 Å². The first-order valence-corrected chi connectivity index (χ1v) is 9.95. The average Bonchev–Trinajstić information content (AvgIpc) is 2.79. The molecule has 0 fully saturated rings. The minimum atomic E-state index is -0.192. The van der Waals surface area contributed by atoms with Gasteiger partial charge in [0.2, 0.25) is 0 Å². The summed E-state index contributed by atoms with van der Waals surface area (Å²) in [6, 6.07) is 15.1. The Morgan fingerprint density at radius 3 is 2.68 bits per heavy atom. The summed E-state index contributed by atoms with van der Waals surface area (Å²) in [5.41, 5.74) is 17.5. The first kappa shape index (κ1) is 20.2.